The monoisotopic (exact) mass is 257 g/mol. The SMILES string of the molecule is O=C(N[C@H]1CCc2c(F)cccc21)c1cnccn1. The van der Waals surface area contributed by atoms with E-state index in [0.717, 1.165) is 5.56 Å². The van der Waals surface area contributed by atoms with Crippen molar-refractivity contribution in [2.45, 2.75) is 18.9 Å². The van der Waals surface area contributed by atoms with E-state index < -0.39 is 0 Å². The van der Waals surface area contributed by atoms with Crippen LogP contribution in [0.15, 0.2) is 36.8 Å². The standard InChI is InChI=1S/C14H12FN3O/c15-11-3-1-2-10-9(11)4-5-12(10)18-14(19)13-8-16-6-7-17-13/h1-3,6-8,12H,4-5H2,(H,18,19)/t12-/m0/s1. The van der Waals surface area contributed by atoms with Gasteiger partial charge in [0.25, 0.3) is 5.91 Å². The molecular formula is C14H12FN3O. The van der Waals surface area contributed by atoms with Crippen LogP contribution in [0.2, 0.25) is 0 Å². The van der Waals surface area contributed by atoms with Gasteiger partial charge >= 0.3 is 0 Å². The second-order valence-corrected chi connectivity index (χ2v) is 4.46. The molecule has 1 aliphatic carbocycles. The fraction of sp³-hybridized carbons (Fsp3) is 0.214. The Kier molecular flexibility index (Phi) is 2.95. The molecule has 1 atom stereocenters. The quantitative estimate of drug-likeness (QED) is 0.895. The zero-order valence-electron chi connectivity index (χ0n) is 10.1. The summed E-state index contributed by atoms with van der Waals surface area (Å²) in [5.74, 6) is -0.482. The Bertz CT molecular complexity index is 615. The maximum atomic E-state index is 13.6. The topological polar surface area (TPSA) is 54.9 Å². The minimum Gasteiger partial charge on any atom is -0.344 e. The average molecular weight is 257 g/mol. The summed E-state index contributed by atoms with van der Waals surface area (Å²) in [6, 6.07) is 4.82. The molecule has 1 N–H and O–H groups in total. The predicted molar refractivity (Wildman–Crippen MR) is 67.0 cm³/mol. The number of rotatable bonds is 2. The largest absolute Gasteiger partial charge is 0.344 e. The van der Waals surface area contributed by atoms with Crippen LogP contribution in [-0.2, 0) is 6.42 Å². The van der Waals surface area contributed by atoms with Crippen LogP contribution in [0.1, 0.15) is 34.1 Å². The lowest BCUT2D eigenvalue weighted by molar-refractivity contribution is 0.0931. The molecular weight excluding hydrogens is 245 g/mol. The Hall–Kier alpha value is -2.30. The van der Waals surface area contributed by atoms with E-state index in [1.165, 1.54) is 24.7 Å². The number of hydrogen-bond acceptors (Lipinski definition) is 3. The van der Waals surface area contributed by atoms with Crippen LogP contribution in [0.3, 0.4) is 0 Å². The lowest BCUT2D eigenvalue weighted by Gasteiger charge is -2.13. The van der Waals surface area contributed by atoms with Crippen molar-refractivity contribution in [2.24, 2.45) is 0 Å². The summed E-state index contributed by atoms with van der Waals surface area (Å²) in [7, 11) is 0. The van der Waals surface area contributed by atoms with Gasteiger partial charge in [-0.2, -0.15) is 0 Å². The molecule has 1 aromatic carbocycles. The third kappa shape index (κ3) is 2.19. The maximum Gasteiger partial charge on any atom is 0.271 e. The first kappa shape index (κ1) is 11.8. The van der Waals surface area contributed by atoms with Gasteiger partial charge in [0.2, 0.25) is 0 Å². The third-order valence-electron chi connectivity index (χ3n) is 3.31. The second kappa shape index (κ2) is 4.76. The van der Waals surface area contributed by atoms with Crippen molar-refractivity contribution in [1.29, 1.82) is 0 Å². The van der Waals surface area contributed by atoms with E-state index in [0.29, 0.717) is 18.4 Å². The Balaban J connectivity index is 1.80. The molecule has 1 aromatic heterocycles. The molecule has 96 valence electrons. The number of nitrogens with one attached hydrogen (secondary N) is 1. The van der Waals surface area contributed by atoms with Crippen molar-refractivity contribution >= 4 is 5.91 Å². The highest BCUT2D eigenvalue weighted by molar-refractivity contribution is 5.92. The van der Waals surface area contributed by atoms with E-state index in [2.05, 4.69) is 15.3 Å². The summed E-state index contributed by atoms with van der Waals surface area (Å²) in [6.45, 7) is 0. The van der Waals surface area contributed by atoms with Crippen molar-refractivity contribution in [1.82, 2.24) is 15.3 Å². The van der Waals surface area contributed by atoms with Crippen molar-refractivity contribution in [3.63, 3.8) is 0 Å². The van der Waals surface area contributed by atoms with Crippen LogP contribution in [-0.4, -0.2) is 15.9 Å². The molecule has 1 amide bonds. The minimum absolute atomic E-state index is 0.153. The number of aromatic nitrogens is 2. The number of amides is 1. The fourth-order valence-corrected chi connectivity index (χ4v) is 2.41. The molecule has 3 rings (SSSR count). The second-order valence-electron chi connectivity index (χ2n) is 4.46. The van der Waals surface area contributed by atoms with Crippen LogP contribution in [0.5, 0.6) is 0 Å². The summed E-state index contributed by atoms with van der Waals surface area (Å²) < 4.78 is 13.6. The van der Waals surface area contributed by atoms with E-state index in [1.54, 1.807) is 6.07 Å². The Morgan fingerprint density at radius 2 is 2.26 bits per heavy atom. The molecule has 0 saturated carbocycles. The van der Waals surface area contributed by atoms with E-state index in [1.807, 2.05) is 6.07 Å². The third-order valence-corrected chi connectivity index (χ3v) is 3.31. The first-order valence-corrected chi connectivity index (χ1v) is 6.10. The number of nitrogens with zero attached hydrogens (tertiary/aromatic N) is 2. The summed E-state index contributed by atoms with van der Waals surface area (Å²) in [5, 5.41) is 2.87. The van der Waals surface area contributed by atoms with Crippen LogP contribution in [0, 0.1) is 5.82 Å². The van der Waals surface area contributed by atoms with Gasteiger partial charge in [0.1, 0.15) is 11.5 Å². The molecule has 0 spiro atoms. The van der Waals surface area contributed by atoms with Crippen LogP contribution in [0.25, 0.3) is 0 Å². The highest BCUT2D eigenvalue weighted by Gasteiger charge is 2.26. The Labute approximate surface area is 109 Å². The predicted octanol–water partition coefficient (Wildman–Crippen LogP) is 2.03. The molecule has 1 heterocycles. The molecule has 4 nitrogen and oxygen atoms in total. The summed E-state index contributed by atoms with van der Waals surface area (Å²) >= 11 is 0. The van der Waals surface area contributed by atoms with Gasteiger partial charge in [-0.15, -0.1) is 0 Å². The van der Waals surface area contributed by atoms with Gasteiger partial charge in [-0.1, -0.05) is 12.1 Å². The highest BCUT2D eigenvalue weighted by Crippen LogP contribution is 2.32. The first-order chi connectivity index (χ1) is 9.25. The molecule has 1 aliphatic rings. The van der Waals surface area contributed by atoms with Gasteiger partial charge < -0.3 is 5.32 Å². The van der Waals surface area contributed by atoms with Crippen LogP contribution in [0.4, 0.5) is 4.39 Å². The number of carbonyl (C=O) groups is 1. The van der Waals surface area contributed by atoms with Crippen molar-refractivity contribution in [3.8, 4) is 0 Å². The van der Waals surface area contributed by atoms with Crippen molar-refractivity contribution in [3.05, 3.63) is 59.4 Å². The fourth-order valence-electron chi connectivity index (χ4n) is 2.41. The van der Waals surface area contributed by atoms with Gasteiger partial charge in [-0.3, -0.25) is 9.78 Å². The van der Waals surface area contributed by atoms with Gasteiger partial charge in [0.05, 0.1) is 12.2 Å². The number of hydrogen-bond donors (Lipinski definition) is 1. The molecule has 5 heteroatoms. The lowest BCUT2D eigenvalue weighted by Crippen LogP contribution is -2.27. The number of carbonyl (C=O) groups excluding carboxylic acids is 1. The molecule has 0 bridgehead atoms. The normalized spacial score (nSPS) is 17.0. The zero-order valence-corrected chi connectivity index (χ0v) is 10.1. The van der Waals surface area contributed by atoms with Gasteiger partial charge in [-0.25, -0.2) is 9.37 Å². The summed E-state index contributed by atoms with van der Waals surface area (Å²) in [4.78, 5) is 19.8. The molecule has 19 heavy (non-hydrogen) atoms. The van der Waals surface area contributed by atoms with E-state index in [4.69, 9.17) is 0 Å². The Morgan fingerprint density at radius 3 is 3.05 bits per heavy atom. The first-order valence-electron chi connectivity index (χ1n) is 6.10. The van der Waals surface area contributed by atoms with Crippen molar-refractivity contribution in [2.75, 3.05) is 0 Å². The smallest absolute Gasteiger partial charge is 0.271 e. The maximum absolute atomic E-state index is 13.6. The summed E-state index contributed by atoms with van der Waals surface area (Å²) in [5.41, 5.74) is 1.83. The molecule has 0 saturated heterocycles. The van der Waals surface area contributed by atoms with Gasteiger partial charge in [0, 0.05) is 12.4 Å². The van der Waals surface area contributed by atoms with Gasteiger partial charge in [0.15, 0.2) is 0 Å². The average Bonchev–Trinajstić information content (AvgIpc) is 2.84. The number of benzene rings is 1. The molecule has 0 radical (unpaired) electrons. The molecule has 0 unspecified atom stereocenters. The number of halogens is 1. The van der Waals surface area contributed by atoms with E-state index in [-0.39, 0.29) is 23.5 Å². The van der Waals surface area contributed by atoms with Crippen LogP contribution < -0.4 is 5.32 Å². The van der Waals surface area contributed by atoms with Gasteiger partial charge in [-0.05, 0) is 30.0 Å². The summed E-state index contributed by atoms with van der Waals surface area (Å²) in [6.07, 6.45) is 5.75. The number of fused-ring (bicyclic) bond motifs is 1. The highest BCUT2D eigenvalue weighted by atomic mass is 19.1. The zero-order chi connectivity index (χ0) is 13.2. The lowest BCUT2D eigenvalue weighted by atomic mass is 10.1. The van der Waals surface area contributed by atoms with Crippen LogP contribution >= 0.6 is 0 Å². The molecule has 0 fully saturated rings. The van der Waals surface area contributed by atoms with Crippen molar-refractivity contribution < 1.29 is 9.18 Å². The van der Waals surface area contributed by atoms with E-state index in [9.17, 15) is 9.18 Å². The molecule has 2 aromatic rings. The molecule has 0 aliphatic heterocycles. The van der Waals surface area contributed by atoms with E-state index >= 15 is 0 Å². The minimum atomic E-state index is -0.282. The Morgan fingerprint density at radius 1 is 1.37 bits per heavy atom.